The molecule has 0 heterocycles. The van der Waals surface area contributed by atoms with Gasteiger partial charge >= 0.3 is 0 Å². The van der Waals surface area contributed by atoms with Crippen LogP contribution in [-0.4, -0.2) is 0 Å². The summed E-state index contributed by atoms with van der Waals surface area (Å²) >= 11 is 0. The molecule has 5 rings (SSSR count). The Labute approximate surface area is 249 Å². The average molecular weight is 541 g/mol. The lowest BCUT2D eigenvalue weighted by Gasteiger charge is -2.42. The third-order valence-electron chi connectivity index (χ3n) is 9.76. The predicted molar refractivity (Wildman–Crippen MR) is 180 cm³/mol. The summed E-state index contributed by atoms with van der Waals surface area (Å²) in [4.78, 5) is 0. The van der Waals surface area contributed by atoms with Gasteiger partial charge in [-0.2, -0.15) is 0 Å². The minimum atomic E-state index is 0.356. The SMILES string of the molecule is C=C(C)c1cc(CC)ccc1C1=CC=C(/C=C2/CC3=CC(C)C(C(=C)CCC)C(c4ccccc4CC)C3C2=C)C1. The highest BCUT2D eigenvalue weighted by atomic mass is 14.5. The smallest absolute Gasteiger partial charge is 0.0123 e. The summed E-state index contributed by atoms with van der Waals surface area (Å²) in [5, 5.41) is 0. The quantitative estimate of drug-likeness (QED) is 0.277. The Kier molecular flexibility index (Phi) is 8.69. The third kappa shape index (κ3) is 5.59. The number of rotatable bonds is 9. The van der Waals surface area contributed by atoms with Gasteiger partial charge in [0.1, 0.15) is 0 Å². The van der Waals surface area contributed by atoms with Crippen molar-refractivity contribution in [3.63, 3.8) is 0 Å². The van der Waals surface area contributed by atoms with Gasteiger partial charge in [0.25, 0.3) is 0 Å². The van der Waals surface area contributed by atoms with Crippen LogP contribution in [0, 0.1) is 17.8 Å². The fourth-order valence-electron chi connectivity index (χ4n) is 7.76. The Bertz CT molecular complexity index is 1500. The van der Waals surface area contributed by atoms with Crippen LogP contribution in [0.4, 0.5) is 0 Å². The van der Waals surface area contributed by atoms with Gasteiger partial charge in [0.2, 0.25) is 0 Å². The average Bonchev–Trinajstić information content (AvgIpc) is 3.56. The molecule has 0 nitrogen and oxygen atoms in total. The monoisotopic (exact) mass is 540 g/mol. The molecule has 0 N–H and O–H groups in total. The van der Waals surface area contributed by atoms with Gasteiger partial charge in [-0.15, -0.1) is 0 Å². The van der Waals surface area contributed by atoms with E-state index in [1.54, 1.807) is 5.57 Å². The molecule has 41 heavy (non-hydrogen) atoms. The molecular formula is C41H48. The maximum absolute atomic E-state index is 4.80. The molecule has 0 saturated heterocycles. The van der Waals surface area contributed by atoms with Crippen LogP contribution in [0.1, 0.15) is 94.0 Å². The van der Waals surface area contributed by atoms with Crippen LogP contribution < -0.4 is 0 Å². The summed E-state index contributed by atoms with van der Waals surface area (Å²) in [5.74, 6) is 1.68. The van der Waals surface area contributed by atoms with Crippen LogP contribution in [0.2, 0.25) is 0 Å². The van der Waals surface area contributed by atoms with Crippen molar-refractivity contribution in [3.05, 3.63) is 142 Å². The minimum Gasteiger partial charge on any atom is -0.0995 e. The van der Waals surface area contributed by atoms with Crippen LogP contribution in [0.15, 0.2) is 114 Å². The van der Waals surface area contributed by atoms with E-state index in [4.69, 9.17) is 6.58 Å². The lowest BCUT2D eigenvalue weighted by atomic mass is 9.61. The van der Waals surface area contributed by atoms with E-state index < -0.39 is 0 Å². The fraction of sp³-hybridized carbons (Fsp3) is 0.366. The van der Waals surface area contributed by atoms with Gasteiger partial charge in [-0.05, 0) is 101 Å². The van der Waals surface area contributed by atoms with Crippen LogP contribution in [0.25, 0.3) is 11.1 Å². The second-order valence-corrected chi connectivity index (χ2v) is 12.6. The van der Waals surface area contributed by atoms with E-state index in [0.717, 1.165) is 44.1 Å². The van der Waals surface area contributed by atoms with Crippen molar-refractivity contribution in [2.75, 3.05) is 0 Å². The Hall–Kier alpha value is -3.38. The first-order valence-electron chi connectivity index (χ1n) is 15.8. The summed E-state index contributed by atoms with van der Waals surface area (Å²) in [5.41, 5.74) is 16.6. The van der Waals surface area contributed by atoms with E-state index in [1.165, 1.54) is 55.7 Å². The number of benzene rings is 2. The highest BCUT2D eigenvalue weighted by Crippen LogP contribution is 2.57. The zero-order chi connectivity index (χ0) is 29.3. The molecule has 2 aromatic rings. The van der Waals surface area contributed by atoms with E-state index in [9.17, 15) is 0 Å². The normalized spacial score (nSPS) is 24.7. The molecule has 0 aliphatic heterocycles. The fourth-order valence-corrected chi connectivity index (χ4v) is 7.76. The van der Waals surface area contributed by atoms with Crippen molar-refractivity contribution in [3.8, 4) is 0 Å². The van der Waals surface area contributed by atoms with Crippen LogP contribution in [0.3, 0.4) is 0 Å². The Morgan fingerprint density at radius 1 is 0.976 bits per heavy atom. The zero-order valence-electron chi connectivity index (χ0n) is 26.0. The lowest BCUT2D eigenvalue weighted by molar-refractivity contribution is 0.321. The van der Waals surface area contributed by atoms with Crippen molar-refractivity contribution in [1.82, 2.24) is 0 Å². The van der Waals surface area contributed by atoms with E-state index >= 15 is 0 Å². The maximum Gasteiger partial charge on any atom is 0.0123 e. The number of hydrogen-bond acceptors (Lipinski definition) is 0. The Morgan fingerprint density at radius 3 is 2.46 bits per heavy atom. The van der Waals surface area contributed by atoms with Crippen molar-refractivity contribution in [2.45, 2.75) is 79.1 Å². The molecule has 0 radical (unpaired) electrons. The molecule has 0 aromatic heterocycles. The van der Waals surface area contributed by atoms with Gasteiger partial charge < -0.3 is 0 Å². The van der Waals surface area contributed by atoms with E-state index in [1.807, 2.05) is 0 Å². The minimum absolute atomic E-state index is 0.356. The highest BCUT2D eigenvalue weighted by molar-refractivity contribution is 5.82. The van der Waals surface area contributed by atoms with Crippen molar-refractivity contribution in [1.29, 1.82) is 0 Å². The standard InChI is InChI=1S/C41H48/c1-9-14-27(6)39-28(7)21-35-25-34(29(8)40(35)41(39)37-16-13-12-15-32(37)11-3)23-31-17-19-33(22-31)36-20-18-30(10-2)24-38(36)26(4)5/h12-13,15-21,23-24,28,39-41H,4,6,8-11,14,22,25H2,1-3,5,7H3/b34-23-. The van der Waals surface area contributed by atoms with Crippen molar-refractivity contribution in [2.24, 2.45) is 17.8 Å². The second-order valence-electron chi connectivity index (χ2n) is 12.6. The van der Waals surface area contributed by atoms with Gasteiger partial charge in [-0.3, -0.25) is 0 Å². The van der Waals surface area contributed by atoms with Gasteiger partial charge in [0.05, 0.1) is 0 Å². The second kappa shape index (κ2) is 12.2. The van der Waals surface area contributed by atoms with E-state index in [2.05, 4.69) is 115 Å². The van der Waals surface area contributed by atoms with Gasteiger partial charge in [-0.25, -0.2) is 0 Å². The summed E-state index contributed by atoms with van der Waals surface area (Å²) in [6.45, 7) is 25.1. The highest BCUT2D eigenvalue weighted by Gasteiger charge is 2.45. The Balaban J connectivity index is 1.46. The summed E-state index contributed by atoms with van der Waals surface area (Å²) in [6, 6.07) is 16.0. The molecule has 0 bridgehead atoms. The van der Waals surface area contributed by atoms with Crippen LogP contribution >= 0.6 is 0 Å². The number of hydrogen-bond donors (Lipinski definition) is 0. The van der Waals surface area contributed by atoms with E-state index in [0.29, 0.717) is 23.7 Å². The molecule has 4 atom stereocenters. The number of aryl methyl sites for hydroxylation is 2. The molecule has 0 heteroatoms. The molecule has 0 amide bonds. The molecule has 212 valence electrons. The summed E-state index contributed by atoms with van der Waals surface area (Å²) in [6.07, 6.45) is 16.0. The molecule has 3 aliphatic rings. The predicted octanol–water partition coefficient (Wildman–Crippen LogP) is 11.4. The third-order valence-corrected chi connectivity index (χ3v) is 9.76. The summed E-state index contributed by atoms with van der Waals surface area (Å²) < 4.78 is 0. The molecule has 3 aliphatic carbocycles. The number of allylic oxidation sites excluding steroid dienone is 11. The molecular weight excluding hydrogens is 492 g/mol. The van der Waals surface area contributed by atoms with Crippen LogP contribution in [0.5, 0.6) is 0 Å². The van der Waals surface area contributed by atoms with Crippen molar-refractivity contribution < 1.29 is 0 Å². The first-order chi connectivity index (χ1) is 19.8. The topological polar surface area (TPSA) is 0 Å². The van der Waals surface area contributed by atoms with Gasteiger partial charge in [0.15, 0.2) is 0 Å². The lowest BCUT2D eigenvalue weighted by Crippen LogP contribution is -2.32. The molecule has 2 aromatic carbocycles. The zero-order valence-corrected chi connectivity index (χ0v) is 26.0. The van der Waals surface area contributed by atoms with E-state index in [-0.39, 0.29) is 0 Å². The largest absolute Gasteiger partial charge is 0.0995 e. The van der Waals surface area contributed by atoms with Gasteiger partial charge in [0, 0.05) is 11.8 Å². The first kappa shape index (κ1) is 29.1. The molecule has 0 spiro atoms. The van der Waals surface area contributed by atoms with Gasteiger partial charge in [-0.1, -0.05) is 137 Å². The molecule has 4 unspecified atom stereocenters. The van der Waals surface area contributed by atoms with Crippen LogP contribution in [-0.2, 0) is 12.8 Å². The maximum atomic E-state index is 4.80. The molecule has 1 saturated carbocycles. The van der Waals surface area contributed by atoms with Crippen molar-refractivity contribution >= 4 is 11.1 Å². The summed E-state index contributed by atoms with van der Waals surface area (Å²) in [7, 11) is 0. The first-order valence-corrected chi connectivity index (χ1v) is 15.8. The molecule has 1 fully saturated rings. The Morgan fingerprint density at radius 2 is 1.76 bits per heavy atom. The number of fused-ring (bicyclic) bond motifs is 1.